The molecule has 26 heavy (non-hydrogen) atoms. The number of hydrogen-bond donors (Lipinski definition) is 0. The van der Waals surface area contributed by atoms with Crippen molar-refractivity contribution >= 4 is 5.69 Å². The minimum atomic E-state index is 0.0720. The Hall–Kier alpha value is -2.46. The van der Waals surface area contributed by atoms with Crippen LogP contribution in [0.1, 0.15) is 17.2 Å². The predicted molar refractivity (Wildman–Crippen MR) is 103 cm³/mol. The lowest BCUT2D eigenvalue weighted by atomic mass is 9.84. The Morgan fingerprint density at radius 2 is 1.85 bits per heavy atom. The second kappa shape index (κ2) is 7.04. The van der Waals surface area contributed by atoms with Crippen LogP contribution in [0.4, 0.5) is 5.69 Å². The van der Waals surface area contributed by atoms with Gasteiger partial charge in [0.2, 0.25) is 6.79 Å². The second-order valence-electron chi connectivity index (χ2n) is 7.20. The maximum absolute atomic E-state index is 6.18. The Bertz CT molecular complexity index is 784. The van der Waals surface area contributed by atoms with Crippen LogP contribution in [-0.4, -0.2) is 27.5 Å². The van der Waals surface area contributed by atoms with E-state index in [4.69, 9.17) is 14.2 Å². The van der Waals surface area contributed by atoms with Crippen LogP contribution in [0.2, 0.25) is 0 Å². The number of fused-ring (bicyclic) bond motifs is 1. The third-order valence-electron chi connectivity index (χ3n) is 5.33. The predicted octanol–water partition coefficient (Wildman–Crippen LogP) is 4.21. The van der Waals surface area contributed by atoms with E-state index >= 15 is 0 Å². The molecule has 2 aromatic rings. The molecule has 1 fully saturated rings. The largest absolute Gasteiger partial charge is 0.454 e. The SMILES string of the molecule is C=C[C@H]1[C@H](Cc2ccc3c(c2)OCO3)CO[C@H]1c1ccc(N(C)C)cc1. The maximum atomic E-state index is 6.18. The lowest BCUT2D eigenvalue weighted by Gasteiger charge is -2.21. The molecule has 0 spiro atoms. The molecule has 0 amide bonds. The summed E-state index contributed by atoms with van der Waals surface area (Å²) in [4.78, 5) is 2.10. The van der Waals surface area contributed by atoms with E-state index in [1.165, 1.54) is 16.8 Å². The standard InChI is InChI=1S/C22H25NO3/c1-4-19-17(11-15-5-10-20-21(12-15)26-14-25-20)13-24-22(19)16-6-8-18(9-7-16)23(2)3/h4-10,12,17,19,22H,1,11,13-14H2,2-3H3/t17-,19+,22+/m1/s1. The molecular formula is C22H25NO3. The average Bonchev–Trinajstić information content (AvgIpc) is 3.28. The van der Waals surface area contributed by atoms with Crippen molar-refractivity contribution in [1.29, 1.82) is 0 Å². The summed E-state index contributed by atoms with van der Waals surface area (Å²) in [6.07, 6.45) is 3.07. The molecule has 0 saturated carbocycles. The summed E-state index contributed by atoms with van der Waals surface area (Å²) in [6, 6.07) is 14.8. The van der Waals surface area contributed by atoms with Gasteiger partial charge in [-0.25, -0.2) is 0 Å². The molecule has 4 rings (SSSR count). The Labute approximate surface area is 155 Å². The third kappa shape index (κ3) is 3.17. The number of ether oxygens (including phenoxy) is 3. The summed E-state index contributed by atoms with van der Waals surface area (Å²) in [5, 5.41) is 0. The van der Waals surface area contributed by atoms with Gasteiger partial charge in [-0.15, -0.1) is 6.58 Å². The van der Waals surface area contributed by atoms with E-state index in [-0.39, 0.29) is 6.10 Å². The number of anilines is 1. The summed E-state index contributed by atoms with van der Waals surface area (Å²) in [5.74, 6) is 2.37. The fourth-order valence-corrected chi connectivity index (χ4v) is 3.86. The highest BCUT2D eigenvalue weighted by atomic mass is 16.7. The topological polar surface area (TPSA) is 30.9 Å². The van der Waals surface area contributed by atoms with Crippen LogP contribution in [0, 0.1) is 11.8 Å². The van der Waals surface area contributed by atoms with Gasteiger partial charge < -0.3 is 19.1 Å². The molecule has 0 unspecified atom stereocenters. The quantitative estimate of drug-likeness (QED) is 0.755. The lowest BCUT2D eigenvalue weighted by Crippen LogP contribution is -2.15. The first-order chi connectivity index (χ1) is 12.7. The number of rotatable bonds is 5. The first-order valence-electron chi connectivity index (χ1n) is 9.05. The van der Waals surface area contributed by atoms with Crippen LogP contribution in [0.5, 0.6) is 11.5 Å². The first kappa shape index (κ1) is 17.0. The van der Waals surface area contributed by atoms with Crippen molar-refractivity contribution in [3.63, 3.8) is 0 Å². The molecule has 2 aliphatic rings. The zero-order valence-corrected chi connectivity index (χ0v) is 15.4. The van der Waals surface area contributed by atoms with E-state index in [1.807, 2.05) is 6.07 Å². The zero-order chi connectivity index (χ0) is 18.1. The third-order valence-corrected chi connectivity index (χ3v) is 5.33. The average molecular weight is 351 g/mol. The van der Waals surface area contributed by atoms with Gasteiger partial charge in [-0.3, -0.25) is 0 Å². The molecular weight excluding hydrogens is 326 g/mol. The van der Waals surface area contributed by atoms with Gasteiger partial charge in [0.25, 0.3) is 0 Å². The van der Waals surface area contributed by atoms with E-state index < -0.39 is 0 Å². The normalized spacial score (nSPS) is 23.8. The highest BCUT2D eigenvalue weighted by molar-refractivity contribution is 5.47. The van der Waals surface area contributed by atoms with Crippen LogP contribution in [-0.2, 0) is 11.2 Å². The molecule has 0 N–H and O–H groups in total. The van der Waals surface area contributed by atoms with Crippen molar-refractivity contribution < 1.29 is 14.2 Å². The maximum Gasteiger partial charge on any atom is 0.231 e. The minimum Gasteiger partial charge on any atom is -0.454 e. The summed E-state index contributed by atoms with van der Waals surface area (Å²) < 4.78 is 17.1. The summed E-state index contributed by atoms with van der Waals surface area (Å²) in [6.45, 7) is 5.13. The fraction of sp³-hybridized carbons (Fsp3) is 0.364. The fourth-order valence-electron chi connectivity index (χ4n) is 3.86. The van der Waals surface area contributed by atoms with Gasteiger partial charge in [0.1, 0.15) is 0 Å². The Balaban J connectivity index is 1.49. The molecule has 0 bridgehead atoms. The molecule has 4 heteroatoms. The summed E-state index contributed by atoms with van der Waals surface area (Å²) in [7, 11) is 4.10. The van der Waals surface area contributed by atoms with E-state index in [0.29, 0.717) is 18.6 Å². The Morgan fingerprint density at radius 3 is 2.58 bits per heavy atom. The van der Waals surface area contributed by atoms with Crippen molar-refractivity contribution in [3.05, 3.63) is 66.2 Å². The lowest BCUT2D eigenvalue weighted by molar-refractivity contribution is 0.0977. The number of benzene rings is 2. The van der Waals surface area contributed by atoms with Gasteiger partial charge in [-0.2, -0.15) is 0 Å². The monoisotopic (exact) mass is 351 g/mol. The Kier molecular flexibility index (Phi) is 4.60. The van der Waals surface area contributed by atoms with Crippen molar-refractivity contribution in [2.24, 2.45) is 11.8 Å². The van der Waals surface area contributed by atoms with Crippen molar-refractivity contribution in [2.75, 3.05) is 32.4 Å². The smallest absolute Gasteiger partial charge is 0.231 e. The van der Waals surface area contributed by atoms with Crippen LogP contribution in [0.25, 0.3) is 0 Å². The van der Waals surface area contributed by atoms with Gasteiger partial charge in [0.15, 0.2) is 11.5 Å². The molecule has 136 valence electrons. The molecule has 2 aliphatic heterocycles. The highest BCUT2D eigenvalue weighted by Gasteiger charge is 2.36. The molecule has 1 saturated heterocycles. The molecule has 0 radical (unpaired) electrons. The Morgan fingerprint density at radius 1 is 1.08 bits per heavy atom. The van der Waals surface area contributed by atoms with Gasteiger partial charge in [0.05, 0.1) is 12.7 Å². The van der Waals surface area contributed by atoms with E-state index in [2.05, 4.69) is 68.0 Å². The minimum absolute atomic E-state index is 0.0720. The van der Waals surface area contributed by atoms with Gasteiger partial charge >= 0.3 is 0 Å². The number of nitrogens with zero attached hydrogens (tertiary/aromatic N) is 1. The molecule has 4 nitrogen and oxygen atoms in total. The van der Waals surface area contributed by atoms with Crippen LogP contribution >= 0.6 is 0 Å². The summed E-state index contributed by atoms with van der Waals surface area (Å²) in [5.41, 5.74) is 3.66. The van der Waals surface area contributed by atoms with E-state index in [0.717, 1.165) is 24.5 Å². The molecule has 2 aromatic carbocycles. The van der Waals surface area contributed by atoms with Crippen LogP contribution < -0.4 is 14.4 Å². The van der Waals surface area contributed by atoms with Crippen molar-refractivity contribution in [1.82, 2.24) is 0 Å². The molecule has 0 aromatic heterocycles. The van der Waals surface area contributed by atoms with E-state index in [9.17, 15) is 0 Å². The van der Waals surface area contributed by atoms with Crippen molar-refractivity contribution in [2.45, 2.75) is 12.5 Å². The van der Waals surface area contributed by atoms with Gasteiger partial charge in [0, 0.05) is 25.7 Å². The van der Waals surface area contributed by atoms with E-state index in [1.54, 1.807) is 0 Å². The molecule has 3 atom stereocenters. The molecule has 2 heterocycles. The number of hydrogen-bond acceptors (Lipinski definition) is 4. The van der Waals surface area contributed by atoms with Gasteiger partial charge in [-0.05, 0) is 47.7 Å². The van der Waals surface area contributed by atoms with Gasteiger partial charge in [-0.1, -0.05) is 24.3 Å². The summed E-state index contributed by atoms with van der Waals surface area (Å²) >= 11 is 0. The van der Waals surface area contributed by atoms with Crippen LogP contribution in [0.15, 0.2) is 55.1 Å². The first-order valence-corrected chi connectivity index (χ1v) is 9.05. The highest BCUT2D eigenvalue weighted by Crippen LogP contribution is 2.42. The van der Waals surface area contributed by atoms with Crippen LogP contribution in [0.3, 0.4) is 0 Å². The second-order valence-corrected chi connectivity index (χ2v) is 7.20. The molecule has 0 aliphatic carbocycles. The van der Waals surface area contributed by atoms with Crippen molar-refractivity contribution in [3.8, 4) is 11.5 Å². The zero-order valence-electron chi connectivity index (χ0n) is 15.4.